The van der Waals surface area contributed by atoms with Crippen LogP contribution in [0.3, 0.4) is 0 Å². The fourth-order valence-electron chi connectivity index (χ4n) is 2.43. The van der Waals surface area contributed by atoms with E-state index >= 15 is 0 Å². The maximum Gasteiger partial charge on any atom is 0.252 e. The van der Waals surface area contributed by atoms with Gasteiger partial charge in [-0.3, -0.25) is 4.79 Å². The summed E-state index contributed by atoms with van der Waals surface area (Å²) in [5.41, 5.74) is 0.581. The Labute approximate surface area is 127 Å². The van der Waals surface area contributed by atoms with Gasteiger partial charge in [0, 0.05) is 21.8 Å². The van der Waals surface area contributed by atoms with Gasteiger partial charge in [-0.1, -0.05) is 12.8 Å². The molecule has 0 saturated heterocycles. The summed E-state index contributed by atoms with van der Waals surface area (Å²) in [5, 5.41) is 12.8. The van der Waals surface area contributed by atoms with Crippen LogP contribution in [0.2, 0.25) is 0 Å². The van der Waals surface area contributed by atoms with Crippen LogP contribution in [0, 0.1) is 5.92 Å². The third-order valence-corrected chi connectivity index (χ3v) is 4.56. The summed E-state index contributed by atoms with van der Waals surface area (Å²) in [4.78, 5) is 12.9. The van der Waals surface area contributed by atoms with E-state index in [0.717, 1.165) is 35.1 Å². The summed E-state index contributed by atoms with van der Waals surface area (Å²) in [6.07, 6.45) is 3.76. The van der Waals surface area contributed by atoms with E-state index in [1.165, 1.54) is 0 Å². The van der Waals surface area contributed by atoms with Crippen LogP contribution in [0.25, 0.3) is 0 Å². The van der Waals surface area contributed by atoms with E-state index < -0.39 is 0 Å². The van der Waals surface area contributed by atoms with Crippen LogP contribution in [-0.4, -0.2) is 23.7 Å². The van der Waals surface area contributed by atoms with E-state index in [4.69, 9.17) is 0 Å². The third kappa shape index (κ3) is 3.97. The van der Waals surface area contributed by atoms with Gasteiger partial charge in [-0.2, -0.15) is 0 Å². The molecule has 2 unspecified atom stereocenters. The average molecular weight is 344 g/mol. The van der Waals surface area contributed by atoms with Crippen LogP contribution in [0.1, 0.15) is 36.0 Å². The van der Waals surface area contributed by atoms with Crippen molar-refractivity contribution in [2.45, 2.75) is 36.7 Å². The van der Waals surface area contributed by atoms with Gasteiger partial charge in [-0.25, -0.2) is 0 Å². The molecular formula is C14H18BrNO2S. The standard InChI is InChI=1S/C14H18BrNO2S/c15-12-6-5-10(19)7-11(12)14(18)16-8-9-3-1-2-4-13(9)17/h5-7,9,13,17,19H,1-4,8H2,(H,16,18). The maximum atomic E-state index is 12.1. The highest BCUT2D eigenvalue weighted by Crippen LogP contribution is 2.24. The topological polar surface area (TPSA) is 49.3 Å². The summed E-state index contributed by atoms with van der Waals surface area (Å²) in [6.45, 7) is 0.531. The molecule has 1 amide bonds. The molecule has 1 aliphatic rings. The van der Waals surface area contributed by atoms with Crippen LogP contribution in [0.15, 0.2) is 27.6 Å². The van der Waals surface area contributed by atoms with Crippen molar-refractivity contribution < 1.29 is 9.90 Å². The van der Waals surface area contributed by atoms with Crippen molar-refractivity contribution in [3.63, 3.8) is 0 Å². The second-order valence-electron chi connectivity index (χ2n) is 4.99. The number of carbonyl (C=O) groups is 1. The van der Waals surface area contributed by atoms with Gasteiger partial charge in [0.15, 0.2) is 0 Å². The van der Waals surface area contributed by atoms with Gasteiger partial charge in [-0.15, -0.1) is 12.6 Å². The van der Waals surface area contributed by atoms with Crippen molar-refractivity contribution in [2.24, 2.45) is 5.92 Å². The first-order valence-electron chi connectivity index (χ1n) is 6.52. The Morgan fingerprint density at radius 3 is 2.89 bits per heavy atom. The van der Waals surface area contributed by atoms with Gasteiger partial charge in [0.1, 0.15) is 0 Å². The van der Waals surface area contributed by atoms with Gasteiger partial charge in [0.05, 0.1) is 11.7 Å². The van der Waals surface area contributed by atoms with E-state index in [-0.39, 0.29) is 17.9 Å². The average Bonchev–Trinajstić information content (AvgIpc) is 2.40. The Kier molecular flexibility index (Phi) is 5.30. The molecule has 3 nitrogen and oxygen atoms in total. The van der Waals surface area contributed by atoms with E-state index in [9.17, 15) is 9.90 Å². The van der Waals surface area contributed by atoms with Gasteiger partial charge in [-0.05, 0) is 47.0 Å². The molecule has 1 aromatic carbocycles. The van der Waals surface area contributed by atoms with Crippen molar-refractivity contribution in [3.05, 3.63) is 28.2 Å². The molecule has 1 aromatic rings. The molecule has 2 rings (SSSR count). The van der Waals surface area contributed by atoms with E-state index in [2.05, 4.69) is 33.9 Å². The Morgan fingerprint density at radius 1 is 1.42 bits per heavy atom. The highest BCUT2D eigenvalue weighted by Gasteiger charge is 2.23. The molecule has 0 bridgehead atoms. The van der Waals surface area contributed by atoms with Gasteiger partial charge >= 0.3 is 0 Å². The van der Waals surface area contributed by atoms with Gasteiger partial charge in [0.25, 0.3) is 5.91 Å². The Balaban J connectivity index is 1.95. The lowest BCUT2D eigenvalue weighted by atomic mass is 9.86. The van der Waals surface area contributed by atoms with Crippen molar-refractivity contribution in [1.82, 2.24) is 5.32 Å². The number of benzene rings is 1. The largest absolute Gasteiger partial charge is 0.393 e. The summed E-state index contributed by atoms with van der Waals surface area (Å²) in [6, 6.07) is 5.38. The van der Waals surface area contributed by atoms with Crippen LogP contribution >= 0.6 is 28.6 Å². The molecule has 0 heterocycles. The van der Waals surface area contributed by atoms with E-state index in [0.29, 0.717) is 12.1 Å². The molecule has 2 atom stereocenters. The number of carbonyl (C=O) groups excluding carboxylic acids is 1. The molecule has 2 N–H and O–H groups in total. The zero-order valence-electron chi connectivity index (χ0n) is 10.6. The molecule has 19 heavy (non-hydrogen) atoms. The number of amides is 1. The minimum Gasteiger partial charge on any atom is -0.393 e. The lowest BCUT2D eigenvalue weighted by Crippen LogP contribution is -2.36. The molecule has 1 fully saturated rings. The molecule has 104 valence electrons. The first-order valence-corrected chi connectivity index (χ1v) is 7.76. The van der Waals surface area contributed by atoms with Crippen LogP contribution in [0.4, 0.5) is 0 Å². The molecule has 1 saturated carbocycles. The molecular weight excluding hydrogens is 326 g/mol. The minimum absolute atomic E-state index is 0.124. The summed E-state index contributed by atoms with van der Waals surface area (Å²) in [5.74, 6) is 0.0520. The van der Waals surface area contributed by atoms with Crippen molar-refractivity contribution in [3.8, 4) is 0 Å². The first-order chi connectivity index (χ1) is 9.08. The fourth-order valence-corrected chi connectivity index (χ4v) is 3.06. The lowest BCUT2D eigenvalue weighted by Gasteiger charge is -2.27. The molecule has 1 aliphatic carbocycles. The summed E-state index contributed by atoms with van der Waals surface area (Å²) >= 11 is 7.60. The summed E-state index contributed by atoms with van der Waals surface area (Å²) in [7, 11) is 0. The van der Waals surface area contributed by atoms with Crippen molar-refractivity contribution >= 4 is 34.5 Å². The predicted octanol–water partition coefficient (Wildman–Crippen LogP) is 3.02. The zero-order valence-corrected chi connectivity index (χ0v) is 13.1. The number of hydrogen-bond donors (Lipinski definition) is 3. The molecule has 5 heteroatoms. The number of aliphatic hydroxyl groups is 1. The number of halogens is 1. The second kappa shape index (κ2) is 6.77. The van der Waals surface area contributed by atoms with Crippen molar-refractivity contribution in [1.29, 1.82) is 0 Å². The Bertz CT molecular complexity index is 467. The number of aliphatic hydroxyl groups excluding tert-OH is 1. The SMILES string of the molecule is O=C(NCC1CCCCC1O)c1cc(S)ccc1Br. The highest BCUT2D eigenvalue weighted by molar-refractivity contribution is 9.10. The predicted molar refractivity (Wildman–Crippen MR) is 81.7 cm³/mol. The second-order valence-corrected chi connectivity index (χ2v) is 6.36. The molecule has 0 aliphatic heterocycles. The molecule has 0 aromatic heterocycles. The maximum absolute atomic E-state index is 12.1. The highest BCUT2D eigenvalue weighted by atomic mass is 79.9. The summed E-state index contributed by atoms with van der Waals surface area (Å²) < 4.78 is 0.756. The smallest absolute Gasteiger partial charge is 0.252 e. The third-order valence-electron chi connectivity index (χ3n) is 3.59. The number of nitrogens with one attached hydrogen (secondary N) is 1. The monoisotopic (exact) mass is 343 g/mol. The number of thiol groups is 1. The molecule has 0 radical (unpaired) electrons. The van der Waals surface area contributed by atoms with Crippen molar-refractivity contribution in [2.75, 3.05) is 6.54 Å². The van der Waals surface area contributed by atoms with E-state index in [1.807, 2.05) is 12.1 Å². The number of rotatable bonds is 3. The quantitative estimate of drug-likeness (QED) is 0.739. The molecule has 0 spiro atoms. The lowest BCUT2D eigenvalue weighted by molar-refractivity contribution is 0.0662. The first kappa shape index (κ1) is 14.9. The fraction of sp³-hybridized carbons (Fsp3) is 0.500. The van der Waals surface area contributed by atoms with E-state index in [1.54, 1.807) is 6.07 Å². The van der Waals surface area contributed by atoms with Crippen LogP contribution < -0.4 is 5.32 Å². The minimum atomic E-state index is -0.284. The number of hydrogen-bond acceptors (Lipinski definition) is 3. The normalized spacial score (nSPS) is 23.1. The van der Waals surface area contributed by atoms with Gasteiger partial charge in [0.2, 0.25) is 0 Å². The van der Waals surface area contributed by atoms with Gasteiger partial charge < -0.3 is 10.4 Å². The van der Waals surface area contributed by atoms with Crippen LogP contribution in [0.5, 0.6) is 0 Å². The van der Waals surface area contributed by atoms with Crippen LogP contribution in [-0.2, 0) is 0 Å². The zero-order chi connectivity index (χ0) is 13.8. The Morgan fingerprint density at radius 2 is 2.16 bits per heavy atom. The Hall–Kier alpha value is -0.520.